The van der Waals surface area contributed by atoms with E-state index < -0.39 is 10.0 Å². The predicted molar refractivity (Wildman–Crippen MR) is 66.2 cm³/mol. The Labute approximate surface area is 101 Å². The molecule has 1 aromatic rings. The van der Waals surface area contributed by atoms with E-state index >= 15 is 0 Å². The third-order valence-corrected chi connectivity index (χ3v) is 3.07. The Hall–Kier alpha value is -1.40. The van der Waals surface area contributed by atoms with Crippen molar-refractivity contribution in [1.29, 1.82) is 0 Å². The zero-order valence-corrected chi connectivity index (χ0v) is 10.7. The normalized spacial score (nSPS) is 11.2. The molecular formula is C11H16N2O3S. The SMILES string of the molecule is Cc1ccc(C(=O)NCCS(N)(=O)=O)c(C)c1. The monoisotopic (exact) mass is 256 g/mol. The molecule has 0 aliphatic heterocycles. The summed E-state index contributed by atoms with van der Waals surface area (Å²) in [6.07, 6.45) is 0. The minimum atomic E-state index is -3.53. The second-order valence-corrected chi connectivity index (χ2v) is 5.68. The lowest BCUT2D eigenvalue weighted by molar-refractivity contribution is 0.0955. The van der Waals surface area contributed by atoms with Gasteiger partial charge in [0.2, 0.25) is 10.0 Å². The first-order valence-electron chi connectivity index (χ1n) is 5.15. The molecule has 1 aromatic carbocycles. The Morgan fingerprint density at radius 3 is 2.53 bits per heavy atom. The van der Waals surface area contributed by atoms with Crippen LogP contribution in [0, 0.1) is 13.8 Å². The van der Waals surface area contributed by atoms with Gasteiger partial charge in [-0.05, 0) is 25.5 Å². The fourth-order valence-corrected chi connectivity index (χ4v) is 1.86. The van der Waals surface area contributed by atoms with Crippen LogP contribution in [-0.2, 0) is 10.0 Å². The lowest BCUT2D eigenvalue weighted by atomic mass is 10.1. The Kier molecular flexibility index (Phi) is 4.25. The summed E-state index contributed by atoms with van der Waals surface area (Å²) >= 11 is 0. The quantitative estimate of drug-likeness (QED) is 0.813. The number of primary sulfonamides is 1. The fraction of sp³-hybridized carbons (Fsp3) is 0.364. The van der Waals surface area contributed by atoms with E-state index in [4.69, 9.17) is 5.14 Å². The van der Waals surface area contributed by atoms with Gasteiger partial charge >= 0.3 is 0 Å². The molecular weight excluding hydrogens is 240 g/mol. The third kappa shape index (κ3) is 4.54. The van der Waals surface area contributed by atoms with E-state index in [-0.39, 0.29) is 18.2 Å². The van der Waals surface area contributed by atoms with Crippen molar-refractivity contribution < 1.29 is 13.2 Å². The van der Waals surface area contributed by atoms with E-state index in [1.807, 2.05) is 26.0 Å². The summed E-state index contributed by atoms with van der Waals surface area (Å²) in [4.78, 5) is 11.7. The molecule has 0 unspecified atom stereocenters. The van der Waals surface area contributed by atoms with Gasteiger partial charge < -0.3 is 5.32 Å². The minimum absolute atomic E-state index is 0.0188. The zero-order chi connectivity index (χ0) is 13.1. The van der Waals surface area contributed by atoms with Gasteiger partial charge in [-0.2, -0.15) is 0 Å². The van der Waals surface area contributed by atoms with Gasteiger partial charge in [0, 0.05) is 12.1 Å². The minimum Gasteiger partial charge on any atom is -0.351 e. The van der Waals surface area contributed by atoms with Crippen LogP contribution in [0.25, 0.3) is 0 Å². The predicted octanol–water partition coefficient (Wildman–Crippen LogP) is 0.322. The van der Waals surface area contributed by atoms with E-state index in [1.54, 1.807) is 6.07 Å². The Morgan fingerprint density at radius 2 is 2.00 bits per heavy atom. The van der Waals surface area contributed by atoms with E-state index in [0.717, 1.165) is 11.1 Å². The first-order valence-corrected chi connectivity index (χ1v) is 6.87. The molecule has 0 saturated heterocycles. The van der Waals surface area contributed by atoms with Gasteiger partial charge in [0.25, 0.3) is 5.91 Å². The van der Waals surface area contributed by atoms with Crippen LogP contribution in [0.1, 0.15) is 21.5 Å². The molecule has 0 atom stereocenters. The summed E-state index contributed by atoms with van der Waals surface area (Å²) in [5, 5.41) is 7.35. The number of nitrogens with two attached hydrogens (primary N) is 1. The number of amides is 1. The van der Waals surface area contributed by atoms with Crippen LogP contribution in [0.2, 0.25) is 0 Å². The summed E-state index contributed by atoms with van der Waals surface area (Å²) in [7, 11) is -3.53. The van der Waals surface area contributed by atoms with Crippen LogP contribution in [0.5, 0.6) is 0 Å². The topological polar surface area (TPSA) is 89.3 Å². The highest BCUT2D eigenvalue weighted by atomic mass is 32.2. The molecule has 3 N–H and O–H groups in total. The van der Waals surface area contributed by atoms with Gasteiger partial charge in [0.15, 0.2) is 0 Å². The summed E-state index contributed by atoms with van der Waals surface area (Å²) < 4.78 is 21.4. The lowest BCUT2D eigenvalue weighted by Gasteiger charge is -2.07. The molecule has 17 heavy (non-hydrogen) atoms. The van der Waals surface area contributed by atoms with Crippen LogP contribution in [0.4, 0.5) is 0 Å². The van der Waals surface area contributed by atoms with Crippen LogP contribution >= 0.6 is 0 Å². The van der Waals surface area contributed by atoms with Gasteiger partial charge in [-0.15, -0.1) is 0 Å². The maximum absolute atomic E-state index is 11.7. The molecule has 1 rings (SSSR count). The number of carbonyl (C=O) groups is 1. The molecule has 0 aromatic heterocycles. The fourth-order valence-electron chi connectivity index (χ4n) is 1.47. The largest absolute Gasteiger partial charge is 0.351 e. The first kappa shape index (κ1) is 13.7. The van der Waals surface area contributed by atoms with Crippen molar-refractivity contribution in [1.82, 2.24) is 5.32 Å². The highest BCUT2D eigenvalue weighted by Gasteiger charge is 2.09. The highest BCUT2D eigenvalue weighted by Crippen LogP contribution is 2.09. The Balaban J connectivity index is 2.65. The zero-order valence-electron chi connectivity index (χ0n) is 9.86. The molecule has 0 fully saturated rings. The van der Waals surface area contributed by atoms with Crippen LogP contribution in [0.3, 0.4) is 0 Å². The number of hydrogen-bond acceptors (Lipinski definition) is 3. The lowest BCUT2D eigenvalue weighted by Crippen LogP contribution is -2.31. The number of aryl methyl sites for hydroxylation is 2. The van der Waals surface area contributed by atoms with Gasteiger partial charge in [0.05, 0.1) is 5.75 Å². The number of hydrogen-bond donors (Lipinski definition) is 2. The number of nitrogens with one attached hydrogen (secondary N) is 1. The molecule has 0 saturated carbocycles. The highest BCUT2D eigenvalue weighted by molar-refractivity contribution is 7.89. The third-order valence-electron chi connectivity index (χ3n) is 2.30. The second kappa shape index (κ2) is 5.29. The van der Waals surface area contributed by atoms with Gasteiger partial charge in [-0.1, -0.05) is 17.7 Å². The van der Waals surface area contributed by atoms with Crippen molar-refractivity contribution in [2.75, 3.05) is 12.3 Å². The van der Waals surface area contributed by atoms with E-state index in [9.17, 15) is 13.2 Å². The van der Waals surface area contributed by atoms with Crippen molar-refractivity contribution in [2.24, 2.45) is 5.14 Å². The van der Waals surface area contributed by atoms with Crippen LogP contribution in [-0.4, -0.2) is 26.6 Å². The molecule has 0 bridgehead atoms. The number of sulfonamides is 1. The molecule has 94 valence electrons. The molecule has 6 heteroatoms. The average Bonchev–Trinajstić information content (AvgIpc) is 2.15. The van der Waals surface area contributed by atoms with E-state index in [2.05, 4.69) is 5.32 Å². The smallest absolute Gasteiger partial charge is 0.251 e. The molecule has 5 nitrogen and oxygen atoms in total. The molecule has 1 amide bonds. The van der Waals surface area contributed by atoms with Gasteiger partial charge in [-0.3, -0.25) is 4.79 Å². The van der Waals surface area contributed by atoms with Crippen molar-refractivity contribution in [2.45, 2.75) is 13.8 Å². The summed E-state index contributed by atoms with van der Waals surface area (Å²) in [6.45, 7) is 3.79. The number of benzene rings is 1. The van der Waals surface area contributed by atoms with E-state index in [1.165, 1.54) is 0 Å². The van der Waals surface area contributed by atoms with Gasteiger partial charge in [-0.25, -0.2) is 13.6 Å². The van der Waals surface area contributed by atoms with E-state index in [0.29, 0.717) is 5.56 Å². The molecule has 0 radical (unpaired) electrons. The second-order valence-electron chi connectivity index (χ2n) is 3.94. The summed E-state index contributed by atoms with van der Waals surface area (Å²) in [6, 6.07) is 5.45. The molecule has 0 heterocycles. The van der Waals surface area contributed by atoms with Crippen LogP contribution < -0.4 is 10.5 Å². The maximum Gasteiger partial charge on any atom is 0.251 e. The summed E-state index contributed by atoms with van der Waals surface area (Å²) in [5.41, 5.74) is 2.48. The standard InChI is InChI=1S/C11H16N2O3S/c1-8-3-4-10(9(2)7-8)11(14)13-5-6-17(12,15)16/h3-4,7H,5-6H2,1-2H3,(H,13,14)(H2,12,15,16). The van der Waals surface area contributed by atoms with Crippen molar-refractivity contribution in [3.63, 3.8) is 0 Å². The first-order chi connectivity index (χ1) is 7.79. The van der Waals surface area contributed by atoms with Crippen molar-refractivity contribution in [3.8, 4) is 0 Å². The average molecular weight is 256 g/mol. The Bertz CT molecular complexity index is 524. The van der Waals surface area contributed by atoms with Crippen LogP contribution in [0.15, 0.2) is 18.2 Å². The summed E-state index contributed by atoms with van der Waals surface area (Å²) in [5.74, 6) is -0.546. The molecule has 0 aliphatic rings. The van der Waals surface area contributed by atoms with Crippen molar-refractivity contribution in [3.05, 3.63) is 34.9 Å². The Morgan fingerprint density at radius 1 is 1.35 bits per heavy atom. The maximum atomic E-state index is 11.7. The number of carbonyl (C=O) groups excluding carboxylic acids is 1. The number of rotatable bonds is 4. The molecule has 0 spiro atoms. The van der Waals surface area contributed by atoms with Crippen molar-refractivity contribution >= 4 is 15.9 Å². The van der Waals surface area contributed by atoms with Gasteiger partial charge in [0.1, 0.15) is 0 Å². The molecule has 0 aliphatic carbocycles.